The Kier molecular flexibility index (Phi) is 6.04. The summed E-state index contributed by atoms with van der Waals surface area (Å²) in [6, 6.07) is 10.1. The summed E-state index contributed by atoms with van der Waals surface area (Å²) < 4.78 is 37.0. The number of hydrogen-bond donors (Lipinski definition) is 1. The number of amides is 1. The van der Waals surface area contributed by atoms with Crippen LogP contribution in [0.2, 0.25) is 0 Å². The second-order valence-corrected chi connectivity index (χ2v) is 5.83. The Balaban J connectivity index is 1.92. The second kappa shape index (κ2) is 8.01. The van der Waals surface area contributed by atoms with Crippen molar-refractivity contribution in [1.29, 1.82) is 0 Å². The van der Waals surface area contributed by atoms with Crippen LogP contribution in [0, 0.1) is 0 Å². The van der Waals surface area contributed by atoms with Gasteiger partial charge in [0.05, 0.1) is 11.4 Å². The highest BCUT2D eigenvalue weighted by Crippen LogP contribution is 2.32. The number of aromatic nitrogens is 1. The van der Waals surface area contributed by atoms with Crippen LogP contribution in [-0.2, 0) is 11.2 Å². The van der Waals surface area contributed by atoms with Crippen LogP contribution in [0.25, 0.3) is 0 Å². The molecule has 0 saturated heterocycles. The first-order chi connectivity index (χ1) is 10.9. The minimum atomic E-state index is -4.25. The van der Waals surface area contributed by atoms with Crippen LogP contribution in [0.5, 0.6) is 0 Å². The number of halogens is 3. The van der Waals surface area contributed by atoms with Gasteiger partial charge in [-0.25, -0.2) is 0 Å². The lowest BCUT2D eigenvalue weighted by Gasteiger charge is -2.12. The number of para-hydroxylation sites is 1. The molecule has 1 aromatic carbocycles. The number of alkyl halides is 3. The summed E-state index contributed by atoms with van der Waals surface area (Å²) in [6.07, 6.45) is -0.151. The van der Waals surface area contributed by atoms with Gasteiger partial charge in [0.2, 0.25) is 5.91 Å². The van der Waals surface area contributed by atoms with Gasteiger partial charge < -0.3 is 5.32 Å². The van der Waals surface area contributed by atoms with Crippen molar-refractivity contribution in [1.82, 2.24) is 4.98 Å². The molecule has 0 radical (unpaired) electrons. The largest absolute Gasteiger partial charge is 0.398 e. The lowest BCUT2D eigenvalue weighted by atomic mass is 10.1. The van der Waals surface area contributed by atoms with Crippen LogP contribution in [-0.4, -0.2) is 22.8 Å². The predicted molar refractivity (Wildman–Crippen MR) is 84.4 cm³/mol. The lowest BCUT2D eigenvalue weighted by molar-refractivity contribution is -0.116. The van der Waals surface area contributed by atoms with Gasteiger partial charge >= 0.3 is 6.18 Å². The fourth-order valence-corrected chi connectivity index (χ4v) is 2.64. The number of rotatable bonds is 6. The third-order valence-corrected chi connectivity index (χ3v) is 4.05. The van der Waals surface area contributed by atoms with Gasteiger partial charge in [-0.2, -0.15) is 13.2 Å². The monoisotopic (exact) mass is 340 g/mol. The van der Waals surface area contributed by atoms with E-state index in [-0.39, 0.29) is 12.3 Å². The standard InChI is InChI=1S/C16H15F3N2OS/c17-16(18,19)11-23-14-6-2-1-5-13(14)21-15(22)8-7-12-4-3-9-20-10-12/h1-6,9-10H,7-8,11H2,(H,21,22). The maximum absolute atomic E-state index is 12.3. The van der Waals surface area contributed by atoms with E-state index in [1.807, 2.05) is 6.07 Å². The molecule has 2 rings (SSSR count). The Hall–Kier alpha value is -2.02. The van der Waals surface area contributed by atoms with Crippen LogP contribution >= 0.6 is 11.8 Å². The number of thioether (sulfide) groups is 1. The molecule has 23 heavy (non-hydrogen) atoms. The van der Waals surface area contributed by atoms with Crippen LogP contribution < -0.4 is 5.32 Å². The highest BCUT2D eigenvalue weighted by molar-refractivity contribution is 7.99. The molecule has 7 heteroatoms. The molecule has 1 heterocycles. The molecule has 0 saturated carbocycles. The fraction of sp³-hybridized carbons (Fsp3) is 0.250. The predicted octanol–water partition coefficient (Wildman–Crippen LogP) is 4.31. The Morgan fingerprint density at radius 3 is 2.65 bits per heavy atom. The minimum absolute atomic E-state index is 0.240. The van der Waals surface area contributed by atoms with Gasteiger partial charge in [0.25, 0.3) is 0 Å². The van der Waals surface area contributed by atoms with Gasteiger partial charge in [-0.3, -0.25) is 9.78 Å². The lowest BCUT2D eigenvalue weighted by Crippen LogP contribution is -2.14. The minimum Gasteiger partial charge on any atom is -0.325 e. The van der Waals surface area contributed by atoms with Crippen molar-refractivity contribution in [2.24, 2.45) is 0 Å². The average molecular weight is 340 g/mol. The van der Waals surface area contributed by atoms with E-state index in [1.54, 1.807) is 42.7 Å². The first-order valence-corrected chi connectivity index (χ1v) is 7.90. The first-order valence-electron chi connectivity index (χ1n) is 6.91. The van der Waals surface area contributed by atoms with E-state index in [0.29, 0.717) is 28.8 Å². The highest BCUT2D eigenvalue weighted by Gasteiger charge is 2.27. The Morgan fingerprint density at radius 2 is 1.96 bits per heavy atom. The number of aryl methyl sites for hydroxylation is 1. The van der Waals surface area contributed by atoms with Crippen molar-refractivity contribution in [2.75, 3.05) is 11.1 Å². The number of nitrogens with zero attached hydrogens (tertiary/aromatic N) is 1. The second-order valence-electron chi connectivity index (χ2n) is 4.81. The maximum Gasteiger partial charge on any atom is 0.398 e. The Bertz CT molecular complexity index is 647. The van der Waals surface area contributed by atoms with E-state index in [0.717, 1.165) is 5.56 Å². The van der Waals surface area contributed by atoms with Crippen LogP contribution in [0.1, 0.15) is 12.0 Å². The summed E-state index contributed by atoms with van der Waals surface area (Å²) in [4.78, 5) is 16.3. The quantitative estimate of drug-likeness (QED) is 0.797. The van der Waals surface area contributed by atoms with Crippen LogP contribution in [0.15, 0.2) is 53.7 Å². The van der Waals surface area contributed by atoms with Crippen molar-refractivity contribution in [3.05, 3.63) is 54.4 Å². The van der Waals surface area contributed by atoms with E-state index in [1.165, 1.54) is 0 Å². The van der Waals surface area contributed by atoms with Crippen molar-refractivity contribution in [3.8, 4) is 0 Å². The first kappa shape index (κ1) is 17.3. The molecule has 2 aromatic rings. The van der Waals surface area contributed by atoms with Gasteiger partial charge in [0.15, 0.2) is 0 Å². The van der Waals surface area contributed by atoms with Gasteiger partial charge in [-0.15, -0.1) is 11.8 Å². The molecule has 0 unspecified atom stereocenters. The molecule has 0 aliphatic carbocycles. The molecule has 1 amide bonds. The SMILES string of the molecule is O=C(CCc1cccnc1)Nc1ccccc1SCC(F)(F)F. The summed E-state index contributed by atoms with van der Waals surface area (Å²) in [5, 5.41) is 2.67. The van der Waals surface area contributed by atoms with Gasteiger partial charge in [0, 0.05) is 23.7 Å². The Morgan fingerprint density at radius 1 is 1.17 bits per heavy atom. The van der Waals surface area contributed by atoms with Gasteiger partial charge in [-0.1, -0.05) is 18.2 Å². The zero-order chi connectivity index (χ0) is 16.7. The summed E-state index contributed by atoms with van der Waals surface area (Å²) in [5.41, 5.74) is 1.33. The zero-order valence-electron chi connectivity index (χ0n) is 12.1. The fourth-order valence-electron chi connectivity index (χ4n) is 1.87. The maximum atomic E-state index is 12.3. The third-order valence-electron chi connectivity index (χ3n) is 2.92. The van der Waals surface area contributed by atoms with E-state index in [2.05, 4.69) is 10.3 Å². The van der Waals surface area contributed by atoms with E-state index in [9.17, 15) is 18.0 Å². The smallest absolute Gasteiger partial charge is 0.325 e. The van der Waals surface area contributed by atoms with Crippen molar-refractivity contribution in [2.45, 2.75) is 23.9 Å². The molecular weight excluding hydrogens is 325 g/mol. The van der Waals surface area contributed by atoms with Crippen LogP contribution in [0.4, 0.5) is 18.9 Å². The number of carbonyl (C=O) groups is 1. The third kappa shape index (κ3) is 6.32. The molecule has 0 aliphatic heterocycles. The summed E-state index contributed by atoms with van der Waals surface area (Å²) >= 11 is 0.661. The van der Waals surface area contributed by atoms with Crippen molar-refractivity contribution < 1.29 is 18.0 Å². The number of benzene rings is 1. The van der Waals surface area contributed by atoms with Gasteiger partial charge in [-0.05, 0) is 30.2 Å². The van der Waals surface area contributed by atoms with E-state index in [4.69, 9.17) is 0 Å². The molecule has 0 spiro atoms. The molecule has 3 nitrogen and oxygen atoms in total. The number of anilines is 1. The molecule has 0 bridgehead atoms. The molecule has 122 valence electrons. The average Bonchev–Trinajstić information content (AvgIpc) is 2.52. The zero-order valence-corrected chi connectivity index (χ0v) is 13.0. The van der Waals surface area contributed by atoms with E-state index < -0.39 is 11.9 Å². The Labute approximate surface area is 136 Å². The van der Waals surface area contributed by atoms with Crippen molar-refractivity contribution in [3.63, 3.8) is 0 Å². The number of pyridine rings is 1. The molecule has 0 atom stereocenters. The molecule has 1 aromatic heterocycles. The number of nitrogens with one attached hydrogen (secondary N) is 1. The topological polar surface area (TPSA) is 42.0 Å². The molecule has 1 N–H and O–H groups in total. The van der Waals surface area contributed by atoms with Gasteiger partial charge in [0.1, 0.15) is 0 Å². The summed E-state index contributed by atoms with van der Waals surface area (Å²) in [6.45, 7) is 0. The summed E-state index contributed by atoms with van der Waals surface area (Å²) in [5.74, 6) is -1.23. The van der Waals surface area contributed by atoms with E-state index >= 15 is 0 Å². The van der Waals surface area contributed by atoms with Crippen molar-refractivity contribution >= 4 is 23.4 Å². The highest BCUT2D eigenvalue weighted by atomic mass is 32.2. The summed E-state index contributed by atoms with van der Waals surface area (Å²) in [7, 11) is 0. The molecule has 0 fully saturated rings. The number of hydrogen-bond acceptors (Lipinski definition) is 3. The molecule has 0 aliphatic rings. The number of carbonyl (C=O) groups excluding carboxylic acids is 1. The normalized spacial score (nSPS) is 11.3. The van der Waals surface area contributed by atoms with Crippen LogP contribution in [0.3, 0.4) is 0 Å². The molecular formula is C16H15F3N2OS.